The molecular weight excluding hydrogens is 220 g/mol. The first-order valence-electron chi connectivity index (χ1n) is 5.86. The van der Waals surface area contributed by atoms with Crippen molar-refractivity contribution >= 4 is 12.4 Å². The summed E-state index contributed by atoms with van der Waals surface area (Å²) in [6.07, 6.45) is 3.45. The molecule has 0 aromatic carbocycles. The Morgan fingerprint density at radius 3 is 2.38 bits per heavy atom. The molecule has 0 aliphatic carbocycles. The topological polar surface area (TPSA) is 38.9 Å². The van der Waals surface area contributed by atoms with Crippen LogP contribution in [0, 0.1) is 12.8 Å². The summed E-state index contributed by atoms with van der Waals surface area (Å²) in [7, 11) is 0. The zero-order valence-electron chi connectivity index (χ0n) is 10.4. The number of hydrogen-bond acceptors (Lipinski definition) is 2. The van der Waals surface area contributed by atoms with Gasteiger partial charge in [0.05, 0.1) is 5.69 Å². The largest absolute Gasteiger partial charge is 0.323 e. The molecule has 1 atom stereocenters. The van der Waals surface area contributed by atoms with E-state index in [4.69, 9.17) is 5.73 Å². The van der Waals surface area contributed by atoms with E-state index in [0.717, 1.165) is 23.7 Å². The molecule has 0 saturated carbocycles. The molecule has 1 aromatic heterocycles. The van der Waals surface area contributed by atoms with E-state index in [0.29, 0.717) is 0 Å². The van der Waals surface area contributed by atoms with Gasteiger partial charge in [0.1, 0.15) is 0 Å². The zero-order chi connectivity index (χ0) is 11.3. The summed E-state index contributed by atoms with van der Waals surface area (Å²) < 4.78 is 0. The lowest BCUT2D eigenvalue weighted by atomic mass is 9.93. The molecule has 0 aliphatic rings. The highest BCUT2D eigenvalue weighted by Gasteiger charge is 2.12. The zero-order valence-corrected chi connectivity index (χ0v) is 11.3. The maximum absolute atomic E-state index is 6.15. The standard InChI is InChI=1S/C13H22N2.ClH/c1-4-11(5-2)9-12(14)13-8-6-7-10(3)15-13;/h6-8,11-12H,4-5,9,14H2,1-3H3;1H. The SMILES string of the molecule is CCC(CC)CC(N)c1cccc(C)n1.Cl. The summed E-state index contributed by atoms with van der Waals surface area (Å²) in [5.41, 5.74) is 8.23. The van der Waals surface area contributed by atoms with Crippen molar-refractivity contribution in [3.8, 4) is 0 Å². The van der Waals surface area contributed by atoms with Crippen LogP contribution in [0.15, 0.2) is 18.2 Å². The average molecular weight is 243 g/mol. The highest BCUT2D eigenvalue weighted by atomic mass is 35.5. The van der Waals surface area contributed by atoms with Crippen LogP contribution in [-0.2, 0) is 0 Å². The van der Waals surface area contributed by atoms with Gasteiger partial charge in [0.25, 0.3) is 0 Å². The molecule has 1 aromatic rings. The van der Waals surface area contributed by atoms with E-state index in [1.54, 1.807) is 0 Å². The third-order valence-corrected chi connectivity index (χ3v) is 3.03. The Hall–Kier alpha value is -0.600. The molecule has 0 fully saturated rings. The van der Waals surface area contributed by atoms with E-state index in [9.17, 15) is 0 Å². The van der Waals surface area contributed by atoms with Gasteiger partial charge in [-0.1, -0.05) is 32.8 Å². The van der Waals surface area contributed by atoms with E-state index < -0.39 is 0 Å². The van der Waals surface area contributed by atoms with Crippen LogP contribution in [0.1, 0.15) is 50.5 Å². The first-order valence-corrected chi connectivity index (χ1v) is 5.86. The second-order valence-electron chi connectivity index (χ2n) is 4.23. The number of hydrogen-bond donors (Lipinski definition) is 1. The van der Waals surface area contributed by atoms with Gasteiger partial charge in [-0.3, -0.25) is 4.98 Å². The highest BCUT2D eigenvalue weighted by Crippen LogP contribution is 2.22. The van der Waals surface area contributed by atoms with Crippen molar-refractivity contribution in [2.75, 3.05) is 0 Å². The van der Waals surface area contributed by atoms with Crippen LogP contribution in [-0.4, -0.2) is 4.98 Å². The molecule has 1 rings (SSSR count). The minimum Gasteiger partial charge on any atom is -0.323 e. The van der Waals surface area contributed by atoms with Crippen molar-refractivity contribution in [2.45, 2.75) is 46.1 Å². The van der Waals surface area contributed by atoms with Crippen molar-refractivity contribution in [1.82, 2.24) is 4.98 Å². The maximum Gasteiger partial charge on any atom is 0.0574 e. The fourth-order valence-corrected chi connectivity index (χ4v) is 1.87. The molecule has 2 N–H and O–H groups in total. The number of rotatable bonds is 5. The number of pyridine rings is 1. The molecule has 0 bridgehead atoms. The van der Waals surface area contributed by atoms with Crippen LogP contribution in [0.5, 0.6) is 0 Å². The van der Waals surface area contributed by atoms with Crippen LogP contribution >= 0.6 is 12.4 Å². The quantitative estimate of drug-likeness (QED) is 0.856. The third-order valence-electron chi connectivity index (χ3n) is 3.03. The molecule has 1 unspecified atom stereocenters. The predicted octanol–water partition coefficient (Wildman–Crippen LogP) is 3.64. The number of nitrogens with zero attached hydrogens (tertiary/aromatic N) is 1. The van der Waals surface area contributed by atoms with Crippen LogP contribution in [0.4, 0.5) is 0 Å². The number of aromatic nitrogens is 1. The van der Waals surface area contributed by atoms with Crippen molar-refractivity contribution in [3.05, 3.63) is 29.6 Å². The fraction of sp³-hybridized carbons (Fsp3) is 0.615. The number of halogens is 1. The first-order chi connectivity index (χ1) is 7.17. The van der Waals surface area contributed by atoms with Gasteiger partial charge in [0.15, 0.2) is 0 Å². The Kier molecular flexibility index (Phi) is 7.35. The van der Waals surface area contributed by atoms with E-state index in [-0.39, 0.29) is 18.4 Å². The average Bonchev–Trinajstić information content (AvgIpc) is 2.25. The molecule has 0 saturated heterocycles. The van der Waals surface area contributed by atoms with E-state index >= 15 is 0 Å². The Labute approximate surface area is 105 Å². The van der Waals surface area contributed by atoms with Gasteiger partial charge < -0.3 is 5.73 Å². The van der Waals surface area contributed by atoms with E-state index in [1.807, 2.05) is 25.1 Å². The van der Waals surface area contributed by atoms with Crippen LogP contribution < -0.4 is 5.73 Å². The minimum atomic E-state index is 0. The summed E-state index contributed by atoms with van der Waals surface area (Å²) in [6.45, 7) is 6.46. The van der Waals surface area contributed by atoms with Gasteiger partial charge >= 0.3 is 0 Å². The maximum atomic E-state index is 6.15. The van der Waals surface area contributed by atoms with Crippen molar-refractivity contribution < 1.29 is 0 Å². The summed E-state index contributed by atoms with van der Waals surface area (Å²) in [5, 5.41) is 0. The molecule has 0 radical (unpaired) electrons. The Bertz CT molecular complexity index is 298. The Morgan fingerprint density at radius 2 is 1.88 bits per heavy atom. The summed E-state index contributed by atoms with van der Waals surface area (Å²) in [4.78, 5) is 4.47. The monoisotopic (exact) mass is 242 g/mol. The number of nitrogens with two attached hydrogens (primary N) is 1. The van der Waals surface area contributed by atoms with Gasteiger partial charge in [0.2, 0.25) is 0 Å². The summed E-state index contributed by atoms with van der Waals surface area (Å²) in [6, 6.07) is 6.16. The van der Waals surface area contributed by atoms with E-state index in [1.165, 1.54) is 12.8 Å². The molecule has 0 aliphatic heterocycles. The minimum absolute atomic E-state index is 0. The first kappa shape index (κ1) is 15.4. The molecule has 16 heavy (non-hydrogen) atoms. The molecule has 3 heteroatoms. The summed E-state index contributed by atoms with van der Waals surface area (Å²) >= 11 is 0. The normalized spacial score (nSPS) is 12.3. The van der Waals surface area contributed by atoms with Crippen molar-refractivity contribution in [3.63, 3.8) is 0 Å². The Morgan fingerprint density at radius 1 is 1.25 bits per heavy atom. The second kappa shape index (κ2) is 7.64. The van der Waals surface area contributed by atoms with Crippen LogP contribution in [0.25, 0.3) is 0 Å². The fourth-order valence-electron chi connectivity index (χ4n) is 1.87. The van der Waals surface area contributed by atoms with Gasteiger partial charge in [0, 0.05) is 11.7 Å². The van der Waals surface area contributed by atoms with Crippen molar-refractivity contribution in [1.29, 1.82) is 0 Å². The lowest BCUT2D eigenvalue weighted by molar-refractivity contribution is 0.410. The molecule has 0 spiro atoms. The molecule has 1 heterocycles. The lowest BCUT2D eigenvalue weighted by Gasteiger charge is -2.18. The van der Waals surface area contributed by atoms with Gasteiger partial charge in [-0.25, -0.2) is 0 Å². The Balaban J connectivity index is 0.00000225. The van der Waals surface area contributed by atoms with Crippen molar-refractivity contribution in [2.24, 2.45) is 11.7 Å². The van der Waals surface area contributed by atoms with Crippen LogP contribution in [0.2, 0.25) is 0 Å². The third kappa shape index (κ3) is 4.50. The number of aryl methyl sites for hydroxylation is 1. The predicted molar refractivity (Wildman–Crippen MR) is 71.8 cm³/mol. The molecular formula is C13H23ClN2. The van der Waals surface area contributed by atoms with Gasteiger partial charge in [-0.05, 0) is 31.4 Å². The van der Waals surface area contributed by atoms with Crippen LogP contribution in [0.3, 0.4) is 0 Å². The second-order valence-corrected chi connectivity index (χ2v) is 4.23. The van der Waals surface area contributed by atoms with E-state index in [2.05, 4.69) is 18.8 Å². The van der Waals surface area contributed by atoms with Gasteiger partial charge in [-0.15, -0.1) is 12.4 Å². The lowest BCUT2D eigenvalue weighted by Crippen LogP contribution is -2.16. The molecule has 0 amide bonds. The highest BCUT2D eigenvalue weighted by molar-refractivity contribution is 5.85. The molecule has 92 valence electrons. The summed E-state index contributed by atoms with van der Waals surface area (Å²) in [5.74, 6) is 0.724. The van der Waals surface area contributed by atoms with Gasteiger partial charge in [-0.2, -0.15) is 0 Å². The smallest absolute Gasteiger partial charge is 0.0574 e. The molecule has 2 nitrogen and oxygen atoms in total.